The highest BCUT2D eigenvalue weighted by Crippen LogP contribution is 2.27. The molecule has 1 heterocycles. The van der Waals surface area contributed by atoms with Gasteiger partial charge in [0.1, 0.15) is 11.6 Å². The number of hydrogen-bond acceptors (Lipinski definition) is 3. The van der Waals surface area contributed by atoms with Gasteiger partial charge in [-0.2, -0.15) is 5.10 Å². The minimum absolute atomic E-state index is 0.412. The number of aryl methyl sites for hydroxylation is 3. The summed E-state index contributed by atoms with van der Waals surface area (Å²) in [5.74, 6) is 2.57. The molecule has 0 aromatic carbocycles. The van der Waals surface area contributed by atoms with Gasteiger partial charge in [0.2, 0.25) is 0 Å². The second-order valence-corrected chi connectivity index (χ2v) is 4.57. The van der Waals surface area contributed by atoms with Crippen LogP contribution in [0.5, 0.6) is 0 Å². The summed E-state index contributed by atoms with van der Waals surface area (Å²) in [5.41, 5.74) is 6.04. The molecule has 2 N–H and O–H groups in total. The van der Waals surface area contributed by atoms with Crippen molar-refractivity contribution in [3.8, 4) is 0 Å². The predicted molar refractivity (Wildman–Crippen MR) is 59.4 cm³/mol. The number of hydrogen-bond donors (Lipinski definition) is 1. The molecular formula is C11H20N4. The molecule has 2 rings (SSSR count). The van der Waals surface area contributed by atoms with E-state index in [0.29, 0.717) is 12.0 Å². The number of nitrogens with zero attached hydrogens (tertiary/aromatic N) is 3. The van der Waals surface area contributed by atoms with Crippen LogP contribution in [-0.2, 0) is 6.54 Å². The van der Waals surface area contributed by atoms with E-state index in [0.717, 1.165) is 24.6 Å². The van der Waals surface area contributed by atoms with Crippen molar-refractivity contribution >= 4 is 0 Å². The van der Waals surface area contributed by atoms with Crippen LogP contribution in [0, 0.1) is 19.8 Å². The highest BCUT2D eigenvalue weighted by Gasteiger charge is 2.23. The topological polar surface area (TPSA) is 56.7 Å². The van der Waals surface area contributed by atoms with E-state index >= 15 is 0 Å². The van der Waals surface area contributed by atoms with Gasteiger partial charge < -0.3 is 5.73 Å². The maximum Gasteiger partial charge on any atom is 0.147 e. The molecule has 1 saturated carbocycles. The molecule has 1 aromatic heterocycles. The van der Waals surface area contributed by atoms with Crippen molar-refractivity contribution in [1.29, 1.82) is 0 Å². The van der Waals surface area contributed by atoms with Gasteiger partial charge in [0.25, 0.3) is 0 Å². The van der Waals surface area contributed by atoms with Crippen LogP contribution in [0.1, 0.15) is 37.3 Å². The molecular weight excluding hydrogens is 188 g/mol. The fraction of sp³-hybridized carbons (Fsp3) is 0.818. The summed E-state index contributed by atoms with van der Waals surface area (Å²) in [4.78, 5) is 4.30. The van der Waals surface area contributed by atoms with Crippen molar-refractivity contribution in [3.05, 3.63) is 11.6 Å². The van der Waals surface area contributed by atoms with Gasteiger partial charge in [-0.15, -0.1) is 0 Å². The Balaban J connectivity index is 1.90. The van der Waals surface area contributed by atoms with Gasteiger partial charge in [0, 0.05) is 12.6 Å². The zero-order valence-electron chi connectivity index (χ0n) is 9.61. The zero-order valence-corrected chi connectivity index (χ0v) is 9.61. The molecule has 15 heavy (non-hydrogen) atoms. The lowest BCUT2D eigenvalue weighted by Gasteiger charge is -2.14. The minimum atomic E-state index is 0.412. The number of aromatic nitrogens is 3. The summed E-state index contributed by atoms with van der Waals surface area (Å²) in [6.07, 6.45) is 4.92. The highest BCUT2D eigenvalue weighted by atomic mass is 15.3. The van der Waals surface area contributed by atoms with Gasteiger partial charge in [-0.05, 0) is 39.0 Å². The Bertz CT molecular complexity index is 331. The van der Waals surface area contributed by atoms with Crippen LogP contribution in [0.3, 0.4) is 0 Å². The zero-order chi connectivity index (χ0) is 10.8. The fourth-order valence-corrected chi connectivity index (χ4v) is 2.49. The summed E-state index contributed by atoms with van der Waals surface area (Å²) in [7, 11) is 0. The average molecular weight is 208 g/mol. The Morgan fingerprint density at radius 2 is 2.20 bits per heavy atom. The molecule has 1 aliphatic carbocycles. The van der Waals surface area contributed by atoms with E-state index in [4.69, 9.17) is 5.73 Å². The molecule has 2 atom stereocenters. The largest absolute Gasteiger partial charge is 0.327 e. The van der Waals surface area contributed by atoms with Crippen LogP contribution in [0.2, 0.25) is 0 Å². The van der Waals surface area contributed by atoms with Gasteiger partial charge >= 0.3 is 0 Å². The van der Waals surface area contributed by atoms with E-state index in [9.17, 15) is 0 Å². The van der Waals surface area contributed by atoms with Gasteiger partial charge in [-0.3, -0.25) is 4.68 Å². The third-order valence-electron chi connectivity index (χ3n) is 3.39. The van der Waals surface area contributed by atoms with Crippen molar-refractivity contribution in [1.82, 2.24) is 14.8 Å². The molecule has 4 nitrogen and oxygen atoms in total. The summed E-state index contributed by atoms with van der Waals surface area (Å²) >= 11 is 0. The quantitative estimate of drug-likeness (QED) is 0.817. The van der Waals surface area contributed by atoms with Crippen molar-refractivity contribution < 1.29 is 0 Å². The first-order valence-corrected chi connectivity index (χ1v) is 5.80. The van der Waals surface area contributed by atoms with E-state index < -0.39 is 0 Å². The maximum atomic E-state index is 6.04. The monoisotopic (exact) mass is 208 g/mol. The van der Waals surface area contributed by atoms with E-state index in [1.54, 1.807) is 0 Å². The van der Waals surface area contributed by atoms with Crippen molar-refractivity contribution in [2.45, 2.75) is 52.1 Å². The average Bonchev–Trinajstić information content (AvgIpc) is 2.70. The Labute approximate surface area is 90.9 Å². The molecule has 0 radical (unpaired) electrons. The number of rotatable bonds is 3. The first-order chi connectivity index (χ1) is 7.16. The lowest BCUT2D eigenvalue weighted by molar-refractivity contribution is 0.399. The van der Waals surface area contributed by atoms with E-state index in [1.165, 1.54) is 19.3 Å². The Hall–Kier alpha value is -0.900. The molecule has 0 spiro atoms. The molecule has 0 saturated heterocycles. The second kappa shape index (κ2) is 4.31. The molecule has 1 fully saturated rings. The smallest absolute Gasteiger partial charge is 0.147 e. The molecule has 1 aromatic rings. The van der Waals surface area contributed by atoms with Gasteiger partial charge in [0.05, 0.1) is 0 Å². The third kappa shape index (κ3) is 2.37. The van der Waals surface area contributed by atoms with Crippen molar-refractivity contribution in [3.63, 3.8) is 0 Å². The first kappa shape index (κ1) is 10.6. The first-order valence-electron chi connectivity index (χ1n) is 5.80. The van der Waals surface area contributed by atoms with Crippen LogP contribution in [0.15, 0.2) is 0 Å². The molecule has 0 amide bonds. The normalized spacial score (nSPS) is 26.1. The van der Waals surface area contributed by atoms with Crippen molar-refractivity contribution in [2.24, 2.45) is 11.7 Å². The highest BCUT2D eigenvalue weighted by molar-refractivity contribution is 4.88. The lowest BCUT2D eigenvalue weighted by Crippen LogP contribution is -2.25. The molecule has 2 unspecified atom stereocenters. The minimum Gasteiger partial charge on any atom is -0.327 e. The molecule has 0 bridgehead atoms. The van der Waals surface area contributed by atoms with Crippen molar-refractivity contribution in [2.75, 3.05) is 0 Å². The Kier molecular flexibility index (Phi) is 3.05. The molecule has 1 aliphatic rings. The van der Waals surface area contributed by atoms with Crippen LogP contribution in [0.4, 0.5) is 0 Å². The standard InChI is InChI=1S/C11H20N4/c1-8-13-9(2)15(14-8)7-6-10-4-3-5-11(10)12/h10-11H,3-7,12H2,1-2H3. The SMILES string of the molecule is Cc1nc(C)n(CCC2CCCC2N)n1. The fourth-order valence-electron chi connectivity index (χ4n) is 2.49. The van der Waals surface area contributed by atoms with E-state index in [2.05, 4.69) is 10.1 Å². The van der Waals surface area contributed by atoms with Gasteiger partial charge in [-0.1, -0.05) is 6.42 Å². The second-order valence-electron chi connectivity index (χ2n) is 4.57. The number of nitrogens with two attached hydrogens (primary N) is 1. The van der Waals surface area contributed by atoms with Crippen LogP contribution >= 0.6 is 0 Å². The molecule has 4 heteroatoms. The Morgan fingerprint density at radius 1 is 1.40 bits per heavy atom. The maximum absolute atomic E-state index is 6.04. The van der Waals surface area contributed by atoms with E-state index in [1.807, 2.05) is 18.5 Å². The molecule has 0 aliphatic heterocycles. The van der Waals surface area contributed by atoms with Crippen LogP contribution in [0.25, 0.3) is 0 Å². The lowest BCUT2D eigenvalue weighted by atomic mass is 10.0. The van der Waals surface area contributed by atoms with Crippen LogP contribution in [-0.4, -0.2) is 20.8 Å². The Morgan fingerprint density at radius 3 is 2.73 bits per heavy atom. The summed E-state index contributed by atoms with van der Waals surface area (Å²) in [6, 6.07) is 0.412. The third-order valence-corrected chi connectivity index (χ3v) is 3.39. The summed E-state index contributed by atoms with van der Waals surface area (Å²) in [5, 5.41) is 4.36. The van der Waals surface area contributed by atoms with E-state index in [-0.39, 0.29) is 0 Å². The predicted octanol–water partition coefficient (Wildman–Crippen LogP) is 1.41. The van der Waals surface area contributed by atoms with Gasteiger partial charge in [0.15, 0.2) is 0 Å². The summed E-state index contributed by atoms with van der Waals surface area (Å²) < 4.78 is 2.00. The van der Waals surface area contributed by atoms with Crippen LogP contribution < -0.4 is 5.73 Å². The molecule has 84 valence electrons. The summed E-state index contributed by atoms with van der Waals surface area (Å²) in [6.45, 7) is 4.91. The van der Waals surface area contributed by atoms with Gasteiger partial charge in [-0.25, -0.2) is 4.98 Å².